The third-order valence-corrected chi connectivity index (χ3v) is 4.77. The van der Waals surface area contributed by atoms with Gasteiger partial charge >= 0.3 is 0 Å². The quantitative estimate of drug-likeness (QED) is 0.495. The van der Waals surface area contributed by atoms with Crippen molar-refractivity contribution in [1.29, 1.82) is 0 Å². The molecule has 0 atom stereocenters. The number of hydrogen-bond acceptors (Lipinski definition) is 5. The summed E-state index contributed by atoms with van der Waals surface area (Å²) >= 11 is 0. The second kappa shape index (κ2) is 9.16. The van der Waals surface area contributed by atoms with Gasteiger partial charge in [0.25, 0.3) is 5.69 Å². The molecule has 3 rings (SSSR count). The van der Waals surface area contributed by atoms with Crippen molar-refractivity contribution in [3.63, 3.8) is 0 Å². The Labute approximate surface area is 160 Å². The fourth-order valence-corrected chi connectivity index (χ4v) is 3.28. The Morgan fingerprint density at radius 1 is 1.15 bits per heavy atom. The van der Waals surface area contributed by atoms with Crippen molar-refractivity contribution >= 4 is 17.2 Å². The number of rotatable bonds is 9. The maximum Gasteiger partial charge on any atom is 0.271 e. The van der Waals surface area contributed by atoms with E-state index in [2.05, 4.69) is 28.9 Å². The van der Waals surface area contributed by atoms with Gasteiger partial charge in [-0.25, -0.2) is 0 Å². The lowest BCUT2D eigenvalue weighted by atomic mass is 10.2. The minimum absolute atomic E-state index is 0.113. The summed E-state index contributed by atoms with van der Waals surface area (Å²) < 4.78 is 0. The highest BCUT2D eigenvalue weighted by Gasteiger charge is 2.21. The largest absolute Gasteiger partial charge is 0.360 e. The lowest BCUT2D eigenvalue weighted by Crippen LogP contribution is -2.38. The topological polar surface area (TPSA) is 62.0 Å². The summed E-state index contributed by atoms with van der Waals surface area (Å²) in [5.74, 6) is 1.07. The van der Waals surface area contributed by atoms with Crippen molar-refractivity contribution in [2.75, 3.05) is 31.1 Å². The molecule has 6 heteroatoms. The van der Waals surface area contributed by atoms with Crippen LogP contribution >= 0.6 is 0 Å². The van der Waals surface area contributed by atoms with E-state index in [9.17, 15) is 10.1 Å². The summed E-state index contributed by atoms with van der Waals surface area (Å²) in [6.45, 7) is 6.33. The van der Waals surface area contributed by atoms with E-state index in [1.807, 2.05) is 24.3 Å². The van der Waals surface area contributed by atoms with E-state index in [1.54, 1.807) is 12.1 Å². The molecule has 0 N–H and O–H groups in total. The van der Waals surface area contributed by atoms with Crippen molar-refractivity contribution in [2.24, 2.45) is 4.99 Å². The van der Waals surface area contributed by atoms with Crippen LogP contribution in [-0.4, -0.2) is 41.8 Å². The number of nitro benzene ring substituents is 1. The Kier molecular flexibility index (Phi) is 6.41. The lowest BCUT2D eigenvalue weighted by Gasteiger charge is -2.29. The zero-order chi connectivity index (χ0) is 19.1. The van der Waals surface area contributed by atoms with Crippen LogP contribution in [0.4, 0.5) is 11.4 Å². The van der Waals surface area contributed by atoms with E-state index in [0.717, 1.165) is 44.0 Å². The Morgan fingerprint density at radius 3 is 2.70 bits per heavy atom. The summed E-state index contributed by atoms with van der Waals surface area (Å²) in [5, 5.41) is 11.2. The summed E-state index contributed by atoms with van der Waals surface area (Å²) in [4.78, 5) is 20.1. The number of nitro groups is 1. The molecule has 1 aliphatic rings. The third kappa shape index (κ3) is 5.06. The molecule has 27 heavy (non-hydrogen) atoms. The van der Waals surface area contributed by atoms with E-state index < -0.39 is 0 Å². The summed E-state index contributed by atoms with van der Waals surface area (Å²) in [6, 6.07) is 17.0. The summed E-state index contributed by atoms with van der Waals surface area (Å²) in [5.41, 5.74) is 2.13. The predicted octanol–water partition coefficient (Wildman–Crippen LogP) is 4.12. The fourth-order valence-electron chi connectivity index (χ4n) is 3.28. The van der Waals surface area contributed by atoms with Gasteiger partial charge in [0, 0.05) is 37.5 Å². The molecular weight excluding hydrogens is 340 g/mol. The van der Waals surface area contributed by atoms with Crippen molar-refractivity contribution in [3.8, 4) is 0 Å². The molecule has 6 nitrogen and oxygen atoms in total. The average molecular weight is 366 g/mol. The third-order valence-electron chi connectivity index (χ3n) is 4.77. The monoisotopic (exact) mass is 366 g/mol. The second-order valence-corrected chi connectivity index (χ2v) is 6.76. The van der Waals surface area contributed by atoms with Crippen molar-refractivity contribution in [1.82, 2.24) is 4.90 Å². The van der Waals surface area contributed by atoms with Gasteiger partial charge in [0.15, 0.2) is 0 Å². The minimum atomic E-state index is -0.342. The van der Waals surface area contributed by atoms with Gasteiger partial charge < -0.3 is 9.80 Å². The molecule has 2 aromatic carbocycles. The zero-order valence-corrected chi connectivity index (χ0v) is 15.8. The van der Waals surface area contributed by atoms with Gasteiger partial charge in [-0.1, -0.05) is 49.7 Å². The first-order valence-electron chi connectivity index (χ1n) is 9.49. The van der Waals surface area contributed by atoms with Crippen molar-refractivity contribution in [3.05, 3.63) is 70.3 Å². The van der Waals surface area contributed by atoms with Gasteiger partial charge in [-0.15, -0.1) is 0 Å². The van der Waals surface area contributed by atoms with Crippen molar-refractivity contribution in [2.45, 2.75) is 26.3 Å². The average Bonchev–Trinajstić information content (AvgIpc) is 3.13. The zero-order valence-electron chi connectivity index (χ0n) is 15.8. The maximum atomic E-state index is 11.2. The molecule has 2 aromatic rings. The van der Waals surface area contributed by atoms with Crippen molar-refractivity contribution < 1.29 is 4.92 Å². The molecule has 0 amide bonds. The normalized spacial score (nSPS) is 13.5. The smallest absolute Gasteiger partial charge is 0.271 e. The number of nitrogens with zero attached hydrogens (tertiary/aromatic N) is 4. The number of anilines is 1. The molecule has 1 heterocycles. The van der Waals surface area contributed by atoms with Crippen LogP contribution in [0.1, 0.15) is 25.3 Å². The minimum Gasteiger partial charge on any atom is -0.360 e. The van der Waals surface area contributed by atoms with Crippen LogP contribution in [0.5, 0.6) is 0 Å². The highest BCUT2D eigenvalue weighted by molar-refractivity contribution is 5.88. The molecule has 0 radical (unpaired) electrons. The Balaban J connectivity index is 1.84. The van der Waals surface area contributed by atoms with Crippen LogP contribution in [0.2, 0.25) is 0 Å². The number of benzene rings is 2. The van der Waals surface area contributed by atoms with Gasteiger partial charge in [-0.3, -0.25) is 15.1 Å². The molecule has 0 aliphatic carbocycles. The molecule has 0 saturated carbocycles. The molecule has 0 fully saturated rings. The van der Waals surface area contributed by atoms with Gasteiger partial charge in [-0.2, -0.15) is 0 Å². The van der Waals surface area contributed by atoms with E-state index in [4.69, 9.17) is 4.99 Å². The van der Waals surface area contributed by atoms with Gasteiger partial charge in [0.2, 0.25) is 0 Å². The molecule has 0 unspecified atom stereocenters. The standard InChI is InChI=1S/C21H26N4O2/c1-2-3-13-23-14-12-22-21(23)17-24(16-18-8-5-4-6-9-18)19-10-7-11-20(15-19)25(26)27/h4-11,15H,2-3,12-14,16-17H2,1H3. The van der Waals surface area contributed by atoms with E-state index in [1.165, 1.54) is 11.6 Å². The van der Waals surface area contributed by atoms with Gasteiger partial charge in [0.1, 0.15) is 5.84 Å². The van der Waals surface area contributed by atoms with E-state index in [-0.39, 0.29) is 10.6 Å². The molecule has 1 aliphatic heterocycles. The first-order chi connectivity index (χ1) is 13.2. The fraction of sp³-hybridized carbons (Fsp3) is 0.381. The van der Waals surface area contributed by atoms with E-state index >= 15 is 0 Å². The second-order valence-electron chi connectivity index (χ2n) is 6.76. The number of unbranched alkanes of at least 4 members (excludes halogenated alkanes) is 1. The predicted molar refractivity (Wildman–Crippen MR) is 109 cm³/mol. The Morgan fingerprint density at radius 2 is 1.96 bits per heavy atom. The number of amidine groups is 1. The maximum absolute atomic E-state index is 11.2. The van der Waals surface area contributed by atoms with Crippen LogP contribution in [0, 0.1) is 10.1 Å². The molecule has 0 bridgehead atoms. The van der Waals surface area contributed by atoms with Crippen LogP contribution in [-0.2, 0) is 6.54 Å². The lowest BCUT2D eigenvalue weighted by molar-refractivity contribution is -0.384. The van der Waals surface area contributed by atoms with Crippen LogP contribution < -0.4 is 4.90 Å². The van der Waals surface area contributed by atoms with Crippen LogP contribution in [0.15, 0.2) is 59.6 Å². The Bertz CT molecular complexity index is 792. The van der Waals surface area contributed by atoms with Crippen LogP contribution in [0.3, 0.4) is 0 Å². The highest BCUT2D eigenvalue weighted by atomic mass is 16.6. The molecular formula is C21H26N4O2. The van der Waals surface area contributed by atoms with Gasteiger partial charge in [-0.05, 0) is 18.1 Å². The number of aliphatic imine (C=N–C) groups is 1. The molecule has 0 aromatic heterocycles. The number of non-ortho nitro benzene ring substituents is 1. The molecule has 0 saturated heterocycles. The summed E-state index contributed by atoms with van der Waals surface area (Å²) in [7, 11) is 0. The number of hydrogen-bond donors (Lipinski definition) is 0. The highest BCUT2D eigenvalue weighted by Crippen LogP contribution is 2.23. The summed E-state index contributed by atoms with van der Waals surface area (Å²) in [6.07, 6.45) is 2.30. The molecule has 0 spiro atoms. The first kappa shape index (κ1) is 18.9. The first-order valence-corrected chi connectivity index (χ1v) is 9.49. The van der Waals surface area contributed by atoms with Crippen LogP contribution in [0.25, 0.3) is 0 Å². The Hall–Kier alpha value is -2.89. The van der Waals surface area contributed by atoms with Gasteiger partial charge in [0.05, 0.1) is 18.0 Å². The SMILES string of the molecule is CCCCN1CCN=C1CN(Cc1ccccc1)c1cccc([N+](=O)[O-])c1. The van der Waals surface area contributed by atoms with E-state index in [0.29, 0.717) is 13.1 Å². The molecule has 142 valence electrons.